The summed E-state index contributed by atoms with van der Waals surface area (Å²) in [6.07, 6.45) is 5.29. The van der Waals surface area contributed by atoms with E-state index in [0.29, 0.717) is 0 Å². The van der Waals surface area contributed by atoms with E-state index in [-0.39, 0.29) is 0 Å². The number of nitrogens with zero attached hydrogens (tertiary/aromatic N) is 3. The molecular weight excluding hydrogens is 236 g/mol. The molecule has 4 heteroatoms. The van der Waals surface area contributed by atoms with E-state index >= 15 is 0 Å². The molecule has 2 rings (SSSR count). The van der Waals surface area contributed by atoms with Crippen LogP contribution in [0, 0.1) is 11.8 Å². The van der Waals surface area contributed by atoms with Gasteiger partial charge in [0.25, 0.3) is 0 Å². The second-order valence-electron chi connectivity index (χ2n) is 6.37. The Morgan fingerprint density at radius 2 is 1.95 bits per heavy atom. The van der Waals surface area contributed by atoms with Gasteiger partial charge in [-0.2, -0.15) is 0 Å². The van der Waals surface area contributed by atoms with Gasteiger partial charge in [0.15, 0.2) is 5.96 Å². The van der Waals surface area contributed by atoms with Crippen molar-refractivity contribution in [3.63, 3.8) is 0 Å². The Bertz CT molecular complexity index is 295. The zero-order chi connectivity index (χ0) is 13.7. The highest BCUT2D eigenvalue weighted by Crippen LogP contribution is 2.17. The largest absolute Gasteiger partial charge is 0.356 e. The third-order valence-electron chi connectivity index (χ3n) is 4.57. The van der Waals surface area contributed by atoms with E-state index in [0.717, 1.165) is 37.4 Å². The molecule has 2 aliphatic heterocycles. The lowest BCUT2D eigenvalue weighted by Gasteiger charge is -2.35. The van der Waals surface area contributed by atoms with Crippen molar-refractivity contribution < 1.29 is 0 Å². The summed E-state index contributed by atoms with van der Waals surface area (Å²) in [4.78, 5) is 9.33. The number of piperidine rings is 2. The Morgan fingerprint density at radius 1 is 1.21 bits per heavy atom. The molecule has 0 aromatic carbocycles. The van der Waals surface area contributed by atoms with Crippen molar-refractivity contribution in [2.45, 2.75) is 32.6 Å². The first kappa shape index (κ1) is 14.6. The van der Waals surface area contributed by atoms with Gasteiger partial charge in [-0.25, -0.2) is 0 Å². The number of hydrogen-bond acceptors (Lipinski definition) is 2. The fraction of sp³-hybridized carbons (Fsp3) is 0.933. The monoisotopic (exact) mass is 266 g/mol. The minimum Gasteiger partial charge on any atom is -0.356 e. The molecule has 0 radical (unpaired) electrons. The van der Waals surface area contributed by atoms with Crippen molar-refractivity contribution in [3.8, 4) is 0 Å². The van der Waals surface area contributed by atoms with Crippen LogP contribution in [0.15, 0.2) is 4.99 Å². The van der Waals surface area contributed by atoms with Crippen LogP contribution in [-0.2, 0) is 0 Å². The second kappa shape index (κ2) is 7.13. The van der Waals surface area contributed by atoms with Crippen molar-refractivity contribution in [2.24, 2.45) is 16.8 Å². The molecule has 1 unspecified atom stereocenters. The SMILES string of the molecule is CN=C(NCC1CCCN(C)C1)N1CCC(C)CC1. The molecule has 19 heavy (non-hydrogen) atoms. The normalized spacial score (nSPS) is 27.6. The van der Waals surface area contributed by atoms with Crippen LogP contribution in [0.4, 0.5) is 0 Å². The molecule has 1 atom stereocenters. The van der Waals surface area contributed by atoms with Crippen LogP contribution >= 0.6 is 0 Å². The fourth-order valence-electron chi connectivity index (χ4n) is 3.23. The summed E-state index contributed by atoms with van der Waals surface area (Å²) in [6, 6.07) is 0. The molecule has 0 aromatic rings. The highest BCUT2D eigenvalue weighted by atomic mass is 15.3. The molecule has 4 nitrogen and oxygen atoms in total. The maximum atomic E-state index is 4.46. The third-order valence-corrected chi connectivity index (χ3v) is 4.57. The fourth-order valence-corrected chi connectivity index (χ4v) is 3.23. The molecule has 110 valence electrons. The Labute approximate surface area is 118 Å². The Balaban J connectivity index is 1.76. The minimum atomic E-state index is 0.777. The Morgan fingerprint density at radius 3 is 2.58 bits per heavy atom. The third kappa shape index (κ3) is 4.37. The van der Waals surface area contributed by atoms with Crippen LogP contribution in [-0.4, -0.2) is 62.6 Å². The standard InChI is InChI=1S/C15H30N4/c1-13-6-9-19(10-7-13)15(16-2)17-11-14-5-4-8-18(3)12-14/h13-14H,4-12H2,1-3H3,(H,16,17). The van der Waals surface area contributed by atoms with Gasteiger partial charge in [0.2, 0.25) is 0 Å². The van der Waals surface area contributed by atoms with E-state index in [2.05, 4.69) is 34.1 Å². The predicted octanol–water partition coefficient (Wildman–Crippen LogP) is 1.64. The summed E-state index contributed by atoms with van der Waals surface area (Å²) in [5, 5.41) is 3.59. The van der Waals surface area contributed by atoms with Gasteiger partial charge < -0.3 is 15.1 Å². The van der Waals surface area contributed by atoms with Crippen molar-refractivity contribution >= 4 is 5.96 Å². The van der Waals surface area contributed by atoms with Gasteiger partial charge in [0, 0.05) is 33.2 Å². The summed E-state index contributed by atoms with van der Waals surface area (Å²) >= 11 is 0. The van der Waals surface area contributed by atoms with Gasteiger partial charge in [0.05, 0.1) is 0 Å². The number of likely N-dealkylation sites (tertiary alicyclic amines) is 2. The molecule has 0 bridgehead atoms. The van der Waals surface area contributed by atoms with Gasteiger partial charge in [-0.1, -0.05) is 6.92 Å². The van der Waals surface area contributed by atoms with Crippen LogP contribution in [0.3, 0.4) is 0 Å². The summed E-state index contributed by atoms with van der Waals surface area (Å²) in [7, 11) is 4.14. The van der Waals surface area contributed by atoms with Gasteiger partial charge in [-0.3, -0.25) is 4.99 Å². The lowest BCUT2D eigenvalue weighted by atomic mass is 9.98. The molecule has 0 amide bonds. The summed E-state index contributed by atoms with van der Waals surface area (Å²) < 4.78 is 0. The van der Waals surface area contributed by atoms with Gasteiger partial charge in [0.1, 0.15) is 0 Å². The van der Waals surface area contributed by atoms with Gasteiger partial charge in [-0.15, -0.1) is 0 Å². The van der Waals surface area contributed by atoms with Crippen LogP contribution in [0.25, 0.3) is 0 Å². The molecule has 2 heterocycles. The lowest BCUT2D eigenvalue weighted by molar-refractivity contribution is 0.208. The van der Waals surface area contributed by atoms with Crippen molar-refractivity contribution in [2.75, 3.05) is 46.8 Å². The molecule has 0 saturated carbocycles. The maximum Gasteiger partial charge on any atom is 0.193 e. The molecule has 1 N–H and O–H groups in total. The zero-order valence-electron chi connectivity index (χ0n) is 12.9. The van der Waals surface area contributed by atoms with E-state index in [1.165, 1.54) is 38.8 Å². The topological polar surface area (TPSA) is 30.9 Å². The number of nitrogens with one attached hydrogen (secondary N) is 1. The van der Waals surface area contributed by atoms with Crippen molar-refractivity contribution in [3.05, 3.63) is 0 Å². The smallest absolute Gasteiger partial charge is 0.193 e. The first-order chi connectivity index (χ1) is 9.19. The highest BCUT2D eigenvalue weighted by molar-refractivity contribution is 5.79. The molecule has 2 fully saturated rings. The molecular formula is C15H30N4. The summed E-state index contributed by atoms with van der Waals surface area (Å²) in [5.41, 5.74) is 0. The maximum absolute atomic E-state index is 4.46. The van der Waals surface area contributed by atoms with E-state index in [1.54, 1.807) is 0 Å². The van der Waals surface area contributed by atoms with Crippen molar-refractivity contribution in [1.29, 1.82) is 0 Å². The summed E-state index contributed by atoms with van der Waals surface area (Å²) in [6.45, 7) is 8.22. The molecule has 0 aliphatic carbocycles. The van der Waals surface area contributed by atoms with Crippen LogP contribution in [0.2, 0.25) is 0 Å². The Hall–Kier alpha value is -0.770. The minimum absolute atomic E-state index is 0.777. The highest BCUT2D eigenvalue weighted by Gasteiger charge is 2.21. The summed E-state index contributed by atoms with van der Waals surface area (Å²) in [5.74, 6) is 2.76. The average molecular weight is 266 g/mol. The number of hydrogen-bond donors (Lipinski definition) is 1. The molecule has 2 aliphatic rings. The Kier molecular flexibility index (Phi) is 5.49. The zero-order valence-corrected chi connectivity index (χ0v) is 12.9. The van der Waals surface area contributed by atoms with Gasteiger partial charge in [-0.05, 0) is 51.1 Å². The molecule has 0 spiro atoms. The lowest BCUT2D eigenvalue weighted by Crippen LogP contribution is -2.48. The van der Waals surface area contributed by atoms with E-state index in [4.69, 9.17) is 0 Å². The van der Waals surface area contributed by atoms with E-state index < -0.39 is 0 Å². The molecule has 2 saturated heterocycles. The predicted molar refractivity (Wildman–Crippen MR) is 81.6 cm³/mol. The van der Waals surface area contributed by atoms with Gasteiger partial charge >= 0.3 is 0 Å². The van der Waals surface area contributed by atoms with Crippen LogP contribution in [0.5, 0.6) is 0 Å². The van der Waals surface area contributed by atoms with E-state index in [1.807, 2.05) is 7.05 Å². The number of aliphatic imine (C=N–C) groups is 1. The number of guanidine groups is 1. The number of rotatable bonds is 2. The van der Waals surface area contributed by atoms with Crippen LogP contribution in [0.1, 0.15) is 32.6 Å². The molecule has 0 aromatic heterocycles. The average Bonchev–Trinajstić information content (AvgIpc) is 2.41. The van der Waals surface area contributed by atoms with Crippen molar-refractivity contribution in [1.82, 2.24) is 15.1 Å². The first-order valence-electron chi connectivity index (χ1n) is 7.83. The quantitative estimate of drug-likeness (QED) is 0.609. The van der Waals surface area contributed by atoms with Crippen LogP contribution < -0.4 is 5.32 Å². The van der Waals surface area contributed by atoms with E-state index in [9.17, 15) is 0 Å². The first-order valence-corrected chi connectivity index (χ1v) is 7.83. The second-order valence-corrected chi connectivity index (χ2v) is 6.37.